The van der Waals surface area contributed by atoms with E-state index in [-0.39, 0.29) is 24.1 Å². The van der Waals surface area contributed by atoms with Gasteiger partial charge in [0.15, 0.2) is 0 Å². The number of aromatic nitrogens is 2. The van der Waals surface area contributed by atoms with Crippen molar-refractivity contribution in [2.45, 2.75) is 20.3 Å². The van der Waals surface area contributed by atoms with Crippen LogP contribution in [0.5, 0.6) is 0 Å². The number of amides is 2. The number of carbonyl (C=O) groups excluding carboxylic acids is 2. The second kappa shape index (κ2) is 9.14. The molecule has 6 nitrogen and oxygen atoms in total. The van der Waals surface area contributed by atoms with Gasteiger partial charge in [0.05, 0.1) is 17.8 Å². The molecule has 2 N–H and O–H groups in total. The molecule has 150 valence electrons. The maximum absolute atomic E-state index is 13.1. The zero-order chi connectivity index (χ0) is 20.8. The Balaban J connectivity index is 1.44. The molecule has 1 aromatic heterocycles. The smallest absolute Gasteiger partial charge is 0.251 e. The van der Waals surface area contributed by atoms with Crippen molar-refractivity contribution < 1.29 is 14.0 Å². The largest absolute Gasteiger partial charge is 0.354 e. The Kier molecular flexibility index (Phi) is 6.39. The molecule has 0 radical (unpaired) electrons. The zero-order valence-electron chi connectivity index (χ0n) is 16.4. The molecule has 29 heavy (non-hydrogen) atoms. The highest BCUT2D eigenvalue weighted by atomic mass is 19.1. The maximum Gasteiger partial charge on any atom is 0.251 e. The Labute approximate surface area is 168 Å². The van der Waals surface area contributed by atoms with Gasteiger partial charge in [-0.15, -0.1) is 0 Å². The fourth-order valence-electron chi connectivity index (χ4n) is 3.02. The molecule has 1 heterocycles. The lowest BCUT2D eigenvalue weighted by Crippen LogP contribution is -2.35. The van der Waals surface area contributed by atoms with Crippen LogP contribution >= 0.6 is 0 Å². The van der Waals surface area contributed by atoms with E-state index in [0.717, 1.165) is 17.1 Å². The van der Waals surface area contributed by atoms with E-state index in [4.69, 9.17) is 0 Å². The molecule has 3 aromatic rings. The average molecular weight is 394 g/mol. The van der Waals surface area contributed by atoms with E-state index in [1.54, 1.807) is 24.3 Å². The standard InChI is InChI=1S/C22H23FN4O2/c1-15-12-16(2)27(26-15)20-8-6-18(7-9-20)22(29)25-11-10-24-21(28)14-17-4-3-5-19(23)13-17/h3-9,12-13H,10-11,14H2,1-2H3,(H,24,28)(H,25,29). The van der Waals surface area contributed by atoms with Crippen LogP contribution in [0.2, 0.25) is 0 Å². The van der Waals surface area contributed by atoms with Crippen LogP contribution in [-0.2, 0) is 11.2 Å². The first-order valence-electron chi connectivity index (χ1n) is 9.35. The first kappa shape index (κ1) is 20.3. The minimum Gasteiger partial charge on any atom is -0.354 e. The number of hydrogen-bond donors (Lipinski definition) is 2. The molecule has 0 spiro atoms. The minimum absolute atomic E-state index is 0.0967. The third kappa shape index (κ3) is 5.51. The predicted molar refractivity (Wildman–Crippen MR) is 108 cm³/mol. The highest BCUT2D eigenvalue weighted by Gasteiger charge is 2.08. The van der Waals surface area contributed by atoms with Crippen LogP contribution in [0.3, 0.4) is 0 Å². The van der Waals surface area contributed by atoms with E-state index in [1.165, 1.54) is 12.1 Å². The summed E-state index contributed by atoms with van der Waals surface area (Å²) >= 11 is 0. The Bertz CT molecular complexity index is 1010. The van der Waals surface area contributed by atoms with E-state index < -0.39 is 0 Å². The Morgan fingerprint density at radius 1 is 1.00 bits per heavy atom. The molecular weight excluding hydrogens is 371 g/mol. The summed E-state index contributed by atoms with van der Waals surface area (Å²) in [6.07, 6.45) is 0.0967. The quantitative estimate of drug-likeness (QED) is 0.605. The second-order valence-corrected chi connectivity index (χ2v) is 6.80. The van der Waals surface area contributed by atoms with Gasteiger partial charge in [0, 0.05) is 24.3 Å². The molecule has 3 rings (SSSR count). The van der Waals surface area contributed by atoms with E-state index in [0.29, 0.717) is 24.2 Å². The maximum atomic E-state index is 13.1. The molecule has 0 aliphatic carbocycles. The monoisotopic (exact) mass is 394 g/mol. The fraction of sp³-hybridized carbons (Fsp3) is 0.227. The van der Waals surface area contributed by atoms with Crippen molar-refractivity contribution in [2.24, 2.45) is 0 Å². The zero-order valence-corrected chi connectivity index (χ0v) is 16.4. The summed E-state index contributed by atoms with van der Waals surface area (Å²) in [5.41, 5.74) is 3.98. The first-order valence-corrected chi connectivity index (χ1v) is 9.35. The SMILES string of the molecule is Cc1cc(C)n(-c2ccc(C(=O)NCCNC(=O)Cc3cccc(F)c3)cc2)n1. The molecule has 0 saturated heterocycles. The Morgan fingerprint density at radius 3 is 2.38 bits per heavy atom. The average Bonchev–Trinajstić information content (AvgIpc) is 3.03. The summed E-state index contributed by atoms with van der Waals surface area (Å²) < 4.78 is 15.0. The molecule has 0 aliphatic heterocycles. The van der Waals surface area contributed by atoms with E-state index in [2.05, 4.69) is 15.7 Å². The molecule has 0 fully saturated rings. The number of hydrogen-bond acceptors (Lipinski definition) is 3. The van der Waals surface area contributed by atoms with Gasteiger partial charge < -0.3 is 10.6 Å². The van der Waals surface area contributed by atoms with Crippen LogP contribution in [0.4, 0.5) is 4.39 Å². The van der Waals surface area contributed by atoms with Gasteiger partial charge in [-0.05, 0) is 61.9 Å². The lowest BCUT2D eigenvalue weighted by Gasteiger charge is -2.09. The van der Waals surface area contributed by atoms with Crippen molar-refractivity contribution in [3.05, 3.63) is 82.9 Å². The summed E-state index contributed by atoms with van der Waals surface area (Å²) in [4.78, 5) is 24.1. The molecule has 0 saturated carbocycles. The van der Waals surface area contributed by atoms with Gasteiger partial charge in [-0.1, -0.05) is 12.1 Å². The van der Waals surface area contributed by atoms with Gasteiger partial charge in [-0.2, -0.15) is 5.10 Å². The molecular formula is C22H23FN4O2. The van der Waals surface area contributed by atoms with Crippen molar-refractivity contribution in [3.8, 4) is 5.69 Å². The van der Waals surface area contributed by atoms with Crippen LogP contribution < -0.4 is 10.6 Å². The van der Waals surface area contributed by atoms with Crippen molar-refractivity contribution >= 4 is 11.8 Å². The van der Waals surface area contributed by atoms with E-state index >= 15 is 0 Å². The topological polar surface area (TPSA) is 76.0 Å². The number of rotatable bonds is 7. The van der Waals surface area contributed by atoms with Gasteiger partial charge in [-0.25, -0.2) is 9.07 Å². The number of carbonyl (C=O) groups is 2. The van der Waals surface area contributed by atoms with Crippen LogP contribution in [0.15, 0.2) is 54.6 Å². The Morgan fingerprint density at radius 2 is 1.72 bits per heavy atom. The predicted octanol–water partition coefficient (Wildman–Crippen LogP) is 2.72. The van der Waals surface area contributed by atoms with Gasteiger partial charge in [0.1, 0.15) is 5.82 Å². The van der Waals surface area contributed by atoms with Gasteiger partial charge in [-0.3, -0.25) is 9.59 Å². The molecule has 2 aromatic carbocycles. The van der Waals surface area contributed by atoms with Crippen LogP contribution in [0.1, 0.15) is 27.3 Å². The van der Waals surface area contributed by atoms with E-state index in [9.17, 15) is 14.0 Å². The summed E-state index contributed by atoms with van der Waals surface area (Å²) in [7, 11) is 0. The van der Waals surface area contributed by atoms with Crippen molar-refractivity contribution in [1.29, 1.82) is 0 Å². The van der Waals surface area contributed by atoms with Crippen molar-refractivity contribution in [2.75, 3.05) is 13.1 Å². The number of aryl methyl sites for hydroxylation is 2. The normalized spacial score (nSPS) is 10.6. The van der Waals surface area contributed by atoms with Gasteiger partial charge >= 0.3 is 0 Å². The molecule has 7 heteroatoms. The van der Waals surface area contributed by atoms with E-state index in [1.807, 2.05) is 36.7 Å². The van der Waals surface area contributed by atoms with Crippen molar-refractivity contribution in [3.63, 3.8) is 0 Å². The third-order valence-electron chi connectivity index (χ3n) is 4.37. The van der Waals surface area contributed by atoms with Gasteiger partial charge in [0.25, 0.3) is 5.91 Å². The lowest BCUT2D eigenvalue weighted by atomic mass is 10.1. The summed E-state index contributed by atoms with van der Waals surface area (Å²) in [6.45, 7) is 4.50. The summed E-state index contributed by atoms with van der Waals surface area (Å²) in [6, 6.07) is 15.1. The first-order chi connectivity index (χ1) is 13.9. The highest BCUT2D eigenvalue weighted by molar-refractivity contribution is 5.94. The number of halogens is 1. The molecule has 0 unspecified atom stereocenters. The summed E-state index contributed by atoms with van der Waals surface area (Å²) in [5.74, 6) is -0.810. The molecule has 0 aliphatic rings. The fourth-order valence-corrected chi connectivity index (χ4v) is 3.02. The molecule has 2 amide bonds. The third-order valence-corrected chi connectivity index (χ3v) is 4.37. The number of benzene rings is 2. The summed E-state index contributed by atoms with van der Waals surface area (Å²) in [5, 5.41) is 9.90. The number of nitrogens with one attached hydrogen (secondary N) is 2. The van der Waals surface area contributed by atoms with Crippen LogP contribution in [-0.4, -0.2) is 34.7 Å². The van der Waals surface area contributed by atoms with Crippen LogP contribution in [0, 0.1) is 19.7 Å². The number of nitrogens with zero attached hydrogens (tertiary/aromatic N) is 2. The second-order valence-electron chi connectivity index (χ2n) is 6.80. The van der Waals surface area contributed by atoms with Gasteiger partial charge in [0.2, 0.25) is 5.91 Å². The van der Waals surface area contributed by atoms with Crippen molar-refractivity contribution in [1.82, 2.24) is 20.4 Å². The van der Waals surface area contributed by atoms with Crippen LogP contribution in [0.25, 0.3) is 5.69 Å². The minimum atomic E-state index is -0.369. The molecule has 0 bridgehead atoms. The highest BCUT2D eigenvalue weighted by Crippen LogP contribution is 2.13. The lowest BCUT2D eigenvalue weighted by molar-refractivity contribution is -0.120. The Hall–Kier alpha value is -3.48. The molecule has 0 atom stereocenters.